The summed E-state index contributed by atoms with van der Waals surface area (Å²) < 4.78 is 32.7. The molecule has 0 radical (unpaired) electrons. The number of carbonyl (C=O) groups is 1. The molecule has 1 aromatic carbocycles. The Morgan fingerprint density at radius 3 is 2.48 bits per heavy atom. The highest BCUT2D eigenvalue weighted by atomic mass is 32.2. The van der Waals surface area contributed by atoms with Gasteiger partial charge in [0.25, 0.3) is 0 Å². The largest absolute Gasteiger partial charge is 0.379 e. The van der Waals surface area contributed by atoms with E-state index < -0.39 is 10.0 Å². The second-order valence-corrected chi connectivity index (χ2v) is 10.4. The predicted molar refractivity (Wildman–Crippen MR) is 101 cm³/mol. The van der Waals surface area contributed by atoms with Crippen LogP contribution in [0.4, 0.5) is 5.69 Å². The van der Waals surface area contributed by atoms with Crippen LogP contribution in [0.1, 0.15) is 24.8 Å². The second-order valence-electron chi connectivity index (χ2n) is 8.50. The monoisotopic (exact) mass is 390 g/mol. The van der Waals surface area contributed by atoms with Gasteiger partial charge in [-0.25, -0.2) is 8.42 Å². The number of hydrogen-bond acceptors (Lipinski definition) is 4. The zero-order chi connectivity index (χ0) is 18.8. The normalized spacial score (nSPS) is 35.1. The number of ether oxygens (including phenoxy) is 1. The molecule has 3 saturated carbocycles. The second kappa shape index (κ2) is 6.29. The van der Waals surface area contributed by atoms with Crippen LogP contribution in [0.5, 0.6) is 0 Å². The van der Waals surface area contributed by atoms with Gasteiger partial charge >= 0.3 is 0 Å². The quantitative estimate of drug-likeness (QED) is 0.856. The standard InChI is InChI=1S/C20H26N2O4S/c1-12-2-5-15(11-16(12)27(24,25)22-6-8-26-9-7-22)21-20(23)19-17-13-3-4-14(10-13)18(17)19/h2,5,11,13-14,17-19H,3-4,6-10H2,1H3,(H,21,23)/t13-,14-,17-,18-/m0/s1. The minimum Gasteiger partial charge on any atom is -0.379 e. The molecule has 146 valence electrons. The third-order valence-corrected chi connectivity index (χ3v) is 9.12. The maximum absolute atomic E-state index is 13.0. The van der Waals surface area contributed by atoms with Crippen LogP contribution in [0.15, 0.2) is 23.1 Å². The lowest BCUT2D eigenvalue weighted by atomic mass is 10.0. The molecule has 7 heteroatoms. The Kier molecular flexibility index (Phi) is 4.11. The third kappa shape index (κ3) is 2.82. The summed E-state index contributed by atoms with van der Waals surface area (Å²) >= 11 is 0. The van der Waals surface area contributed by atoms with E-state index in [1.54, 1.807) is 25.1 Å². The van der Waals surface area contributed by atoms with Crippen LogP contribution in [0.3, 0.4) is 0 Å². The van der Waals surface area contributed by atoms with E-state index in [9.17, 15) is 13.2 Å². The Hall–Kier alpha value is -1.44. The van der Waals surface area contributed by atoms with Crippen LogP contribution in [-0.4, -0.2) is 44.9 Å². The van der Waals surface area contributed by atoms with E-state index in [0.717, 1.165) is 11.8 Å². The molecular formula is C20H26N2O4S. The summed E-state index contributed by atoms with van der Waals surface area (Å²) in [4.78, 5) is 13.0. The summed E-state index contributed by atoms with van der Waals surface area (Å²) in [5, 5.41) is 3.00. The number of nitrogens with one attached hydrogen (secondary N) is 1. The van der Waals surface area contributed by atoms with Crippen molar-refractivity contribution in [1.29, 1.82) is 0 Å². The number of fused-ring (bicyclic) bond motifs is 5. The van der Waals surface area contributed by atoms with Gasteiger partial charge < -0.3 is 10.1 Å². The zero-order valence-electron chi connectivity index (χ0n) is 15.6. The molecule has 4 fully saturated rings. The summed E-state index contributed by atoms with van der Waals surface area (Å²) in [5.74, 6) is 2.84. The van der Waals surface area contributed by atoms with E-state index >= 15 is 0 Å². The van der Waals surface area contributed by atoms with Crippen molar-refractivity contribution in [1.82, 2.24) is 4.31 Å². The molecule has 27 heavy (non-hydrogen) atoms. The molecule has 2 bridgehead atoms. The fourth-order valence-electron chi connectivity index (χ4n) is 5.78. The average Bonchev–Trinajstić information content (AvgIpc) is 3.12. The fraction of sp³-hybridized carbons (Fsp3) is 0.650. The Labute approximate surface area is 160 Å². The summed E-state index contributed by atoms with van der Waals surface area (Å²) in [6.07, 6.45) is 3.87. The zero-order valence-corrected chi connectivity index (χ0v) is 16.4. The number of sulfonamides is 1. The lowest BCUT2D eigenvalue weighted by Gasteiger charge is -2.26. The molecule has 4 atom stereocenters. The van der Waals surface area contributed by atoms with Crippen LogP contribution in [-0.2, 0) is 19.6 Å². The molecule has 1 aromatic rings. The lowest BCUT2D eigenvalue weighted by Crippen LogP contribution is -2.40. The number of carbonyl (C=O) groups excluding carboxylic acids is 1. The first-order valence-corrected chi connectivity index (χ1v) is 11.4. The van der Waals surface area contributed by atoms with Gasteiger partial charge in [0.1, 0.15) is 0 Å². The Bertz CT molecular complexity index is 862. The molecule has 3 aliphatic carbocycles. The molecule has 0 unspecified atom stereocenters. The van der Waals surface area contributed by atoms with Gasteiger partial charge in [-0.05, 0) is 67.6 Å². The van der Waals surface area contributed by atoms with Crippen LogP contribution in [0.25, 0.3) is 0 Å². The highest BCUT2D eigenvalue weighted by Gasteiger charge is 2.67. The van der Waals surface area contributed by atoms with Gasteiger partial charge in [-0.3, -0.25) is 4.79 Å². The Morgan fingerprint density at radius 1 is 1.15 bits per heavy atom. The van der Waals surface area contributed by atoms with Crippen molar-refractivity contribution >= 4 is 21.6 Å². The van der Waals surface area contributed by atoms with Gasteiger partial charge in [0, 0.05) is 24.7 Å². The van der Waals surface area contributed by atoms with Crippen LogP contribution < -0.4 is 5.32 Å². The first kappa shape index (κ1) is 17.6. The molecular weight excluding hydrogens is 364 g/mol. The highest BCUT2D eigenvalue weighted by Crippen LogP contribution is 2.69. The van der Waals surface area contributed by atoms with Crippen LogP contribution in [0, 0.1) is 36.5 Å². The van der Waals surface area contributed by atoms with E-state index in [0.29, 0.717) is 49.4 Å². The van der Waals surface area contributed by atoms with Gasteiger partial charge in [0.2, 0.25) is 15.9 Å². The van der Waals surface area contributed by atoms with Crippen LogP contribution in [0.2, 0.25) is 0 Å². The summed E-state index contributed by atoms with van der Waals surface area (Å²) in [5.41, 5.74) is 1.27. The maximum atomic E-state index is 13.0. The minimum absolute atomic E-state index is 0.0696. The van der Waals surface area contributed by atoms with Gasteiger partial charge in [0.15, 0.2) is 0 Å². The van der Waals surface area contributed by atoms with E-state index in [4.69, 9.17) is 4.74 Å². The number of amides is 1. The van der Waals surface area contributed by atoms with Crippen LogP contribution >= 0.6 is 0 Å². The lowest BCUT2D eigenvalue weighted by molar-refractivity contribution is -0.118. The average molecular weight is 391 g/mol. The number of benzene rings is 1. The van der Waals surface area contributed by atoms with Crippen molar-refractivity contribution in [2.75, 3.05) is 31.6 Å². The molecule has 1 N–H and O–H groups in total. The first-order chi connectivity index (χ1) is 13.0. The van der Waals surface area contributed by atoms with Gasteiger partial charge in [-0.15, -0.1) is 0 Å². The van der Waals surface area contributed by atoms with Gasteiger partial charge in [-0.1, -0.05) is 6.07 Å². The SMILES string of the molecule is Cc1ccc(NC(=O)C2[C@H]3[C@H]4CC[C@@H](C4)[C@H]23)cc1S(=O)(=O)N1CCOCC1. The molecule has 5 rings (SSSR count). The first-order valence-electron chi connectivity index (χ1n) is 9.96. The number of anilines is 1. The highest BCUT2D eigenvalue weighted by molar-refractivity contribution is 7.89. The molecule has 1 saturated heterocycles. The number of rotatable bonds is 4. The molecule has 1 amide bonds. The Balaban J connectivity index is 1.34. The number of morpholine rings is 1. The van der Waals surface area contributed by atoms with Crippen molar-refractivity contribution < 1.29 is 17.9 Å². The number of aryl methyl sites for hydroxylation is 1. The third-order valence-electron chi connectivity index (χ3n) is 7.08. The molecule has 1 aliphatic heterocycles. The molecule has 0 spiro atoms. The molecule has 4 aliphatic rings. The van der Waals surface area contributed by atoms with Crippen molar-refractivity contribution in [3.8, 4) is 0 Å². The number of hydrogen-bond donors (Lipinski definition) is 1. The molecule has 6 nitrogen and oxygen atoms in total. The van der Waals surface area contributed by atoms with E-state index in [1.807, 2.05) is 0 Å². The van der Waals surface area contributed by atoms with Crippen molar-refractivity contribution in [2.45, 2.75) is 31.1 Å². The maximum Gasteiger partial charge on any atom is 0.243 e. The Morgan fingerprint density at radius 2 is 1.81 bits per heavy atom. The van der Waals surface area contributed by atoms with E-state index in [-0.39, 0.29) is 16.7 Å². The van der Waals surface area contributed by atoms with Gasteiger partial charge in [-0.2, -0.15) is 4.31 Å². The fourth-order valence-corrected chi connectivity index (χ4v) is 7.44. The van der Waals surface area contributed by atoms with Crippen molar-refractivity contribution in [3.05, 3.63) is 23.8 Å². The van der Waals surface area contributed by atoms with Gasteiger partial charge in [0.05, 0.1) is 18.1 Å². The topological polar surface area (TPSA) is 75.7 Å². The van der Waals surface area contributed by atoms with E-state index in [2.05, 4.69) is 5.32 Å². The number of nitrogens with zero attached hydrogens (tertiary/aromatic N) is 1. The van der Waals surface area contributed by atoms with E-state index in [1.165, 1.54) is 23.6 Å². The molecule has 0 aromatic heterocycles. The summed E-state index contributed by atoms with van der Waals surface area (Å²) in [6, 6.07) is 5.20. The van der Waals surface area contributed by atoms with Crippen molar-refractivity contribution in [2.24, 2.45) is 29.6 Å². The molecule has 1 heterocycles. The minimum atomic E-state index is -3.58. The van der Waals surface area contributed by atoms with Crippen molar-refractivity contribution in [3.63, 3.8) is 0 Å². The summed E-state index contributed by atoms with van der Waals surface area (Å²) in [6.45, 7) is 3.37. The summed E-state index contributed by atoms with van der Waals surface area (Å²) in [7, 11) is -3.58. The predicted octanol–water partition coefficient (Wildman–Crippen LogP) is 2.25. The smallest absolute Gasteiger partial charge is 0.243 e.